The molecule has 0 aliphatic heterocycles. The van der Waals surface area contributed by atoms with Crippen LogP contribution in [0.4, 0.5) is 4.79 Å². The number of urea groups is 1. The third-order valence-corrected chi connectivity index (χ3v) is 5.04. The molecule has 146 valence electrons. The van der Waals surface area contributed by atoms with Crippen molar-refractivity contribution in [2.75, 3.05) is 7.05 Å². The number of aromatic nitrogens is 4. The first-order chi connectivity index (χ1) is 13.5. The summed E-state index contributed by atoms with van der Waals surface area (Å²) in [5.74, 6) is 0. The van der Waals surface area contributed by atoms with Gasteiger partial charge < -0.3 is 14.8 Å². The van der Waals surface area contributed by atoms with E-state index in [1.165, 1.54) is 12.8 Å². The van der Waals surface area contributed by atoms with Gasteiger partial charge in [0.2, 0.25) is 0 Å². The van der Waals surface area contributed by atoms with E-state index in [-0.39, 0.29) is 6.03 Å². The number of amides is 2. The summed E-state index contributed by atoms with van der Waals surface area (Å²) in [6.07, 6.45) is 6.08. The van der Waals surface area contributed by atoms with Gasteiger partial charge in [0.25, 0.3) is 0 Å². The van der Waals surface area contributed by atoms with Gasteiger partial charge in [0.15, 0.2) is 0 Å². The number of carbonyl (C=O) groups excluding carboxylic acids is 1. The van der Waals surface area contributed by atoms with Gasteiger partial charge in [0.1, 0.15) is 0 Å². The number of benzene rings is 1. The van der Waals surface area contributed by atoms with Crippen LogP contribution in [0.5, 0.6) is 0 Å². The summed E-state index contributed by atoms with van der Waals surface area (Å²) in [6, 6.07) is 10.7. The highest BCUT2D eigenvalue weighted by Crippen LogP contribution is 2.35. The van der Waals surface area contributed by atoms with Crippen LogP contribution in [-0.2, 0) is 13.1 Å². The third-order valence-electron chi connectivity index (χ3n) is 5.04. The monoisotopic (exact) mass is 378 g/mol. The Morgan fingerprint density at radius 2 is 2.11 bits per heavy atom. The number of nitrogens with one attached hydrogen (secondary N) is 1. The molecule has 1 aromatic carbocycles. The minimum absolute atomic E-state index is 0.0972. The second-order valence-corrected chi connectivity index (χ2v) is 7.55. The molecule has 2 aromatic heterocycles. The number of aryl methyl sites for hydroxylation is 2. The zero-order valence-corrected chi connectivity index (χ0v) is 16.6. The molecule has 0 bridgehead atoms. The Kier molecular flexibility index (Phi) is 4.90. The largest absolute Gasteiger partial charge is 0.332 e. The molecule has 0 saturated heterocycles. The lowest BCUT2D eigenvalue weighted by molar-refractivity contribution is 0.206. The number of rotatable bonds is 6. The molecule has 28 heavy (non-hydrogen) atoms. The Morgan fingerprint density at radius 1 is 1.29 bits per heavy atom. The second kappa shape index (κ2) is 7.50. The molecule has 1 aliphatic carbocycles. The fourth-order valence-corrected chi connectivity index (χ4v) is 3.47. The van der Waals surface area contributed by atoms with Gasteiger partial charge in [-0.3, -0.25) is 0 Å². The molecule has 1 saturated carbocycles. The van der Waals surface area contributed by atoms with E-state index in [2.05, 4.69) is 32.1 Å². The number of carbonyl (C=O) groups is 1. The highest BCUT2D eigenvalue weighted by molar-refractivity contribution is 5.73. The molecule has 0 atom stereocenters. The normalized spacial score (nSPS) is 13.5. The maximum absolute atomic E-state index is 12.5. The average molecular weight is 378 g/mol. The van der Waals surface area contributed by atoms with Crippen LogP contribution in [0.15, 0.2) is 42.9 Å². The fraction of sp³-hybridized carbons (Fsp3) is 0.381. The van der Waals surface area contributed by atoms with Crippen molar-refractivity contribution in [3.05, 3.63) is 65.5 Å². The molecular formula is C21H26N6O. The molecule has 2 amide bonds. The van der Waals surface area contributed by atoms with Crippen LogP contribution in [0.3, 0.4) is 0 Å². The van der Waals surface area contributed by atoms with Crippen LogP contribution in [0.2, 0.25) is 0 Å². The van der Waals surface area contributed by atoms with Crippen LogP contribution in [0, 0.1) is 13.8 Å². The van der Waals surface area contributed by atoms with Gasteiger partial charge in [-0.2, -0.15) is 5.10 Å². The molecule has 3 aromatic rings. The van der Waals surface area contributed by atoms with Crippen molar-refractivity contribution in [3.8, 4) is 5.69 Å². The van der Waals surface area contributed by atoms with E-state index >= 15 is 0 Å². The van der Waals surface area contributed by atoms with Crippen molar-refractivity contribution in [1.29, 1.82) is 0 Å². The van der Waals surface area contributed by atoms with E-state index in [0.717, 1.165) is 28.3 Å². The SMILES string of the molecule is Cc1cc(C)n(-c2cccc(CN(C)C(=O)NCc3cncn3C3CC3)c2)n1. The van der Waals surface area contributed by atoms with Crippen LogP contribution in [0.25, 0.3) is 5.69 Å². The van der Waals surface area contributed by atoms with Gasteiger partial charge in [0, 0.05) is 31.5 Å². The Morgan fingerprint density at radius 3 is 2.82 bits per heavy atom. The minimum Gasteiger partial charge on any atom is -0.332 e. The Labute approximate surface area is 165 Å². The van der Waals surface area contributed by atoms with E-state index < -0.39 is 0 Å². The zero-order chi connectivity index (χ0) is 19.7. The fourth-order valence-electron chi connectivity index (χ4n) is 3.47. The van der Waals surface area contributed by atoms with E-state index in [9.17, 15) is 4.79 Å². The van der Waals surface area contributed by atoms with Crippen molar-refractivity contribution in [2.45, 2.75) is 45.8 Å². The topological polar surface area (TPSA) is 68.0 Å². The molecule has 0 spiro atoms. The molecule has 0 unspecified atom stereocenters. The first-order valence-corrected chi connectivity index (χ1v) is 9.63. The van der Waals surface area contributed by atoms with E-state index in [1.54, 1.807) is 4.90 Å². The molecule has 1 fully saturated rings. The van der Waals surface area contributed by atoms with Gasteiger partial charge in [-0.05, 0) is 50.5 Å². The smallest absolute Gasteiger partial charge is 0.317 e. The lowest BCUT2D eigenvalue weighted by Crippen LogP contribution is -2.36. The van der Waals surface area contributed by atoms with Crippen molar-refractivity contribution in [1.82, 2.24) is 29.5 Å². The van der Waals surface area contributed by atoms with E-state index in [0.29, 0.717) is 19.1 Å². The number of imidazole rings is 1. The van der Waals surface area contributed by atoms with Crippen LogP contribution >= 0.6 is 0 Å². The summed E-state index contributed by atoms with van der Waals surface area (Å²) in [4.78, 5) is 18.4. The number of hydrogen-bond acceptors (Lipinski definition) is 3. The van der Waals surface area contributed by atoms with Gasteiger partial charge in [0.05, 0.1) is 29.9 Å². The van der Waals surface area contributed by atoms with Gasteiger partial charge in [-0.15, -0.1) is 0 Å². The first-order valence-electron chi connectivity index (χ1n) is 9.63. The third kappa shape index (κ3) is 3.93. The maximum atomic E-state index is 12.5. The van der Waals surface area contributed by atoms with Crippen LogP contribution in [0.1, 0.15) is 41.5 Å². The average Bonchev–Trinajstić information content (AvgIpc) is 3.31. The summed E-state index contributed by atoms with van der Waals surface area (Å²) in [5.41, 5.74) is 5.20. The summed E-state index contributed by atoms with van der Waals surface area (Å²) in [7, 11) is 1.81. The molecule has 4 rings (SSSR count). The summed E-state index contributed by atoms with van der Waals surface area (Å²) in [5, 5.41) is 7.53. The predicted molar refractivity (Wildman–Crippen MR) is 107 cm³/mol. The Hall–Kier alpha value is -3.09. The van der Waals surface area contributed by atoms with Crippen molar-refractivity contribution < 1.29 is 4.79 Å². The minimum atomic E-state index is -0.0972. The highest BCUT2D eigenvalue weighted by Gasteiger charge is 2.25. The van der Waals surface area contributed by atoms with E-state index in [4.69, 9.17) is 0 Å². The lowest BCUT2D eigenvalue weighted by Gasteiger charge is -2.19. The number of nitrogens with zero attached hydrogens (tertiary/aromatic N) is 5. The van der Waals surface area contributed by atoms with Gasteiger partial charge >= 0.3 is 6.03 Å². The maximum Gasteiger partial charge on any atom is 0.317 e. The molecule has 2 heterocycles. The van der Waals surface area contributed by atoms with Gasteiger partial charge in [-0.25, -0.2) is 14.5 Å². The highest BCUT2D eigenvalue weighted by atomic mass is 16.2. The van der Waals surface area contributed by atoms with Gasteiger partial charge in [-0.1, -0.05) is 12.1 Å². The van der Waals surface area contributed by atoms with E-state index in [1.807, 2.05) is 56.3 Å². The molecule has 7 nitrogen and oxygen atoms in total. The van der Waals surface area contributed by atoms with Crippen LogP contribution < -0.4 is 5.32 Å². The summed E-state index contributed by atoms with van der Waals surface area (Å²) in [6.45, 7) is 5.05. The molecular weight excluding hydrogens is 352 g/mol. The van der Waals surface area contributed by atoms with Crippen molar-refractivity contribution in [2.24, 2.45) is 0 Å². The van der Waals surface area contributed by atoms with Crippen molar-refractivity contribution in [3.63, 3.8) is 0 Å². The standard InChI is InChI=1S/C21H26N6O/c1-15-9-16(2)27(24-15)19-6-4-5-17(10-19)13-25(3)21(28)23-12-20-11-22-14-26(20)18-7-8-18/h4-6,9-11,14,18H,7-8,12-13H2,1-3H3,(H,23,28). The zero-order valence-electron chi connectivity index (χ0n) is 16.6. The quantitative estimate of drug-likeness (QED) is 0.715. The second-order valence-electron chi connectivity index (χ2n) is 7.55. The molecule has 0 radical (unpaired) electrons. The molecule has 1 N–H and O–H groups in total. The van der Waals surface area contributed by atoms with Crippen molar-refractivity contribution >= 4 is 6.03 Å². The Balaban J connectivity index is 1.38. The predicted octanol–water partition coefficient (Wildman–Crippen LogP) is 3.36. The first kappa shape index (κ1) is 18.3. The lowest BCUT2D eigenvalue weighted by atomic mass is 10.2. The molecule has 7 heteroatoms. The summed E-state index contributed by atoms with van der Waals surface area (Å²) >= 11 is 0. The van der Waals surface area contributed by atoms with Crippen LogP contribution in [-0.4, -0.2) is 37.3 Å². The molecule has 1 aliphatic rings. The Bertz CT molecular complexity index is 984. The number of hydrogen-bond donors (Lipinski definition) is 1. The summed E-state index contributed by atoms with van der Waals surface area (Å²) < 4.78 is 4.09.